The van der Waals surface area contributed by atoms with Crippen LogP contribution in [0.4, 0.5) is 4.39 Å². The van der Waals surface area contributed by atoms with Gasteiger partial charge in [0.25, 0.3) is 5.91 Å². The molecule has 4 nitrogen and oxygen atoms in total. The number of fused-ring (bicyclic) bond motifs is 1. The molecule has 1 heterocycles. The van der Waals surface area contributed by atoms with Gasteiger partial charge in [-0.15, -0.1) is 0 Å². The molecule has 0 aliphatic rings. The number of aromatic nitrogens is 2. The molecule has 0 aliphatic heterocycles. The standard InChI is InChI=1S/C22H24FN3O/c1-5-18-19(6-2)25-21-13-16(9-12-20(21)24-18)22(27)26(4)14(3)15-7-10-17(23)11-8-15/h7-14H,5-6H2,1-4H3. The summed E-state index contributed by atoms with van der Waals surface area (Å²) in [6, 6.07) is 11.5. The van der Waals surface area contributed by atoms with Crippen molar-refractivity contribution in [3.63, 3.8) is 0 Å². The molecule has 0 saturated heterocycles. The third kappa shape index (κ3) is 3.82. The molecule has 2 aromatic carbocycles. The second-order valence-corrected chi connectivity index (χ2v) is 6.67. The van der Waals surface area contributed by atoms with Gasteiger partial charge in [0, 0.05) is 12.6 Å². The number of carbonyl (C=O) groups is 1. The van der Waals surface area contributed by atoms with Gasteiger partial charge in [0.05, 0.1) is 28.5 Å². The zero-order valence-corrected chi connectivity index (χ0v) is 16.2. The van der Waals surface area contributed by atoms with Crippen LogP contribution in [0.25, 0.3) is 11.0 Å². The maximum Gasteiger partial charge on any atom is 0.254 e. The molecule has 3 aromatic rings. The van der Waals surface area contributed by atoms with Gasteiger partial charge in [-0.25, -0.2) is 14.4 Å². The van der Waals surface area contributed by atoms with Crippen molar-refractivity contribution < 1.29 is 9.18 Å². The normalized spacial score (nSPS) is 12.2. The Morgan fingerprint density at radius 3 is 2.19 bits per heavy atom. The molecule has 1 atom stereocenters. The lowest BCUT2D eigenvalue weighted by atomic mass is 10.1. The van der Waals surface area contributed by atoms with E-state index in [9.17, 15) is 9.18 Å². The lowest BCUT2D eigenvalue weighted by molar-refractivity contribution is 0.0743. The van der Waals surface area contributed by atoms with Crippen molar-refractivity contribution in [2.75, 3.05) is 7.05 Å². The van der Waals surface area contributed by atoms with E-state index >= 15 is 0 Å². The second-order valence-electron chi connectivity index (χ2n) is 6.67. The Morgan fingerprint density at radius 1 is 1.00 bits per heavy atom. The molecular formula is C22H24FN3O. The van der Waals surface area contributed by atoms with E-state index < -0.39 is 0 Å². The zero-order valence-electron chi connectivity index (χ0n) is 16.2. The summed E-state index contributed by atoms with van der Waals surface area (Å²) < 4.78 is 13.1. The average molecular weight is 365 g/mol. The van der Waals surface area contributed by atoms with E-state index in [1.165, 1.54) is 12.1 Å². The molecule has 0 spiro atoms. The van der Waals surface area contributed by atoms with E-state index in [1.807, 2.05) is 13.0 Å². The summed E-state index contributed by atoms with van der Waals surface area (Å²) in [7, 11) is 1.75. The quantitative estimate of drug-likeness (QED) is 0.657. The van der Waals surface area contributed by atoms with Crippen molar-refractivity contribution >= 4 is 16.9 Å². The Balaban J connectivity index is 1.91. The van der Waals surface area contributed by atoms with E-state index in [4.69, 9.17) is 4.98 Å². The van der Waals surface area contributed by atoms with E-state index in [0.717, 1.165) is 40.8 Å². The molecule has 0 saturated carbocycles. The summed E-state index contributed by atoms with van der Waals surface area (Å²) in [6.07, 6.45) is 1.65. The van der Waals surface area contributed by atoms with Crippen molar-refractivity contribution in [3.8, 4) is 0 Å². The van der Waals surface area contributed by atoms with Crippen LogP contribution in [0.1, 0.15) is 54.1 Å². The van der Waals surface area contributed by atoms with Gasteiger partial charge in [-0.3, -0.25) is 4.79 Å². The Hall–Kier alpha value is -2.82. The molecule has 27 heavy (non-hydrogen) atoms. The summed E-state index contributed by atoms with van der Waals surface area (Å²) in [5, 5.41) is 0. The van der Waals surface area contributed by atoms with Gasteiger partial charge in [0.1, 0.15) is 5.82 Å². The average Bonchev–Trinajstić information content (AvgIpc) is 2.71. The highest BCUT2D eigenvalue weighted by atomic mass is 19.1. The monoisotopic (exact) mass is 365 g/mol. The fraction of sp³-hybridized carbons (Fsp3) is 0.318. The van der Waals surface area contributed by atoms with Crippen LogP contribution in [0.2, 0.25) is 0 Å². The molecular weight excluding hydrogens is 341 g/mol. The smallest absolute Gasteiger partial charge is 0.254 e. The predicted octanol–water partition coefficient (Wildman–Crippen LogP) is 4.73. The minimum atomic E-state index is -0.286. The molecule has 0 radical (unpaired) electrons. The lowest BCUT2D eigenvalue weighted by Gasteiger charge is -2.25. The van der Waals surface area contributed by atoms with E-state index in [0.29, 0.717) is 5.56 Å². The number of benzene rings is 2. The van der Waals surface area contributed by atoms with Crippen molar-refractivity contribution in [2.45, 2.75) is 39.7 Å². The van der Waals surface area contributed by atoms with Crippen LogP contribution in [-0.2, 0) is 12.8 Å². The number of hydrogen-bond acceptors (Lipinski definition) is 3. The Labute approximate surface area is 159 Å². The second kappa shape index (κ2) is 7.82. The van der Waals surface area contributed by atoms with E-state index in [2.05, 4.69) is 18.8 Å². The topological polar surface area (TPSA) is 46.1 Å². The number of carbonyl (C=O) groups excluding carboxylic acids is 1. The van der Waals surface area contributed by atoms with Gasteiger partial charge < -0.3 is 4.90 Å². The first kappa shape index (κ1) is 19.0. The van der Waals surface area contributed by atoms with Gasteiger partial charge in [-0.2, -0.15) is 0 Å². The highest BCUT2D eigenvalue weighted by Crippen LogP contribution is 2.23. The van der Waals surface area contributed by atoms with Gasteiger partial charge in [0.2, 0.25) is 0 Å². The molecule has 5 heteroatoms. The van der Waals surface area contributed by atoms with Crippen LogP contribution >= 0.6 is 0 Å². The number of aryl methyl sites for hydroxylation is 2. The minimum absolute atomic E-state index is 0.104. The van der Waals surface area contributed by atoms with E-state index in [-0.39, 0.29) is 17.8 Å². The van der Waals surface area contributed by atoms with Crippen LogP contribution in [0, 0.1) is 5.82 Å². The van der Waals surface area contributed by atoms with Crippen molar-refractivity contribution in [1.82, 2.24) is 14.9 Å². The van der Waals surface area contributed by atoms with Crippen LogP contribution in [0.15, 0.2) is 42.5 Å². The first-order chi connectivity index (χ1) is 12.9. The summed E-state index contributed by atoms with van der Waals surface area (Å²) in [5.41, 5.74) is 4.97. The zero-order chi connectivity index (χ0) is 19.6. The number of halogens is 1. The Bertz CT molecular complexity index is 969. The first-order valence-corrected chi connectivity index (χ1v) is 9.26. The number of rotatable bonds is 5. The maximum atomic E-state index is 13.1. The van der Waals surface area contributed by atoms with Gasteiger partial charge in [0.15, 0.2) is 0 Å². The van der Waals surface area contributed by atoms with Gasteiger partial charge in [-0.05, 0) is 55.7 Å². The molecule has 1 amide bonds. The van der Waals surface area contributed by atoms with Crippen LogP contribution in [0.3, 0.4) is 0 Å². The summed E-state index contributed by atoms with van der Waals surface area (Å²) in [4.78, 5) is 24.0. The van der Waals surface area contributed by atoms with Crippen molar-refractivity contribution in [2.24, 2.45) is 0 Å². The summed E-state index contributed by atoms with van der Waals surface area (Å²) in [5.74, 6) is -0.389. The number of amides is 1. The maximum absolute atomic E-state index is 13.1. The molecule has 3 rings (SSSR count). The summed E-state index contributed by atoms with van der Waals surface area (Å²) in [6.45, 7) is 6.05. The van der Waals surface area contributed by atoms with Gasteiger partial charge in [-0.1, -0.05) is 26.0 Å². The van der Waals surface area contributed by atoms with Crippen molar-refractivity contribution in [1.29, 1.82) is 0 Å². The van der Waals surface area contributed by atoms with Gasteiger partial charge >= 0.3 is 0 Å². The molecule has 0 N–H and O–H groups in total. The molecule has 1 unspecified atom stereocenters. The predicted molar refractivity (Wildman–Crippen MR) is 105 cm³/mol. The molecule has 140 valence electrons. The molecule has 0 bridgehead atoms. The van der Waals surface area contributed by atoms with Crippen LogP contribution in [0.5, 0.6) is 0 Å². The van der Waals surface area contributed by atoms with Crippen LogP contribution in [-0.4, -0.2) is 27.8 Å². The van der Waals surface area contributed by atoms with E-state index in [1.54, 1.807) is 36.2 Å². The number of nitrogens with zero attached hydrogens (tertiary/aromatic N) is 3. The minimum Gasteiger partial charge on any atom is -0.335 e. The summed E-state index contributed by atoms with van der Waals surface area (Å²) >= 11 is 0. The fourth-order valence-electron chi connectivity index (χ4n) is 3.17. The van der Waals surface area contributed by atoms with Crippen LogP contribution < -0.4 is 0 Å². The molecule has 0 aliphatic carbocycles. The Morgan fingerprint density at radius 2 is 1.59 bits per heavy atom. The largest absolute Gasteiger partial charge is 0.335 e. The molecule has 1 aromatic heterocycles. The van der Waals surface area contributed by atoms with Crippen molar-refractivity contribution in [3.05, 3.63) is 70.8 Å². The fourth-order valence-corrected chi connectivity index (χ4v) is 3.17. The third-order valence-electron chi connectivity index (χ3n) is 4.99. The highest BCUT2D eigenvalue weighted by molar-refractivity contribution is 5.97. The molecule has 0 fully saturated rings. The SMILES string of the molecule is CCc1nc2ccc(C(=O)N(C)C(C)c3ccc(F)cc3)cc2nc1CC. The number of hydrogen-bond donors (Lipinski definition) is 0. The highest BCUT2D eigenvalue weighted by Gasteiger charge is 2.20. The first-order valence-electron chi connectivity index (χ1n) is 9.26. The Kier molecular flexibility index (Phi) is 5.49. The lowest BCUT2D eigenvalue weighted by Crippen LogP contribution is -2.29. The third-order valence-corrected chi connectivity index (χ3v) is 4.99.